The van der Waals surface area contributed by atoms with Gasteiger partial charge in [0.25, 0.3) is 0 Å². The van der Waals surface area contributed by atoms with Crippen molar-refractivity contribution in [3.05, 3.63) is 146 Å². The third kappa shape index (κ3) is 3.65. The van der Waals surface area contributed by atoms with E-state index in [9.17, 15) is 0 Å². The van der Waals surface area contributed by atoms with Gasteiger partial charge in [0.1, 0.15) is 0 Å². The zero-order valence-electron chi connectivity index (χ0n) is 19.9. The fourth-order valence-corrected chi connectivity index (χ4v) is 5.26. The third-order valence-electron chi connectivity index (χ3n) is 7.28. The van der Waals surface area contributed by atoms with Gasteiger partial charge < -0.3 is 0 Å². The predicted octanol–water partition coefficient (Wildman–Crippen LogP) is 10.0. The molecule has 0 saturated heterocycles. The molecule has 6 aliphatic rings. The molecule has 0 bridgehead atoms. The van der Waals surface area contributed by atoms with E-state index in [0.717, 1.165) is 0 Å². The molecule has 1 aromatic carbocycles. The summed E-state index contributed by atoms with van der Waals surface area (Å²) in [6, 6.07) is 53.1. The molecule has 0 aromatic heterocycles. The van der Waals surface area contributed by atoms with Crippen LogP contribution in [0.2, 0.25) is 0 Å². The molecular formula is C36H24. The zero-order valence-corrected chi connectivity index (χ0v) is 19.9. The van der Waals surface area contributed by atoms with E-state index < -0.39 is 0 Å². The van der Waals surface area contributed by atoms with Crippen LogP contribution in [0.5, 0.6) is 0 Å². The van der Waals surface area contributed by atoms with E-state index in [-0.39, 0.29) is 0 Å². The summed E-state index contributed by atoms with van der Waals surface area (Å²) >= 11 is 0. The lowest BCUT2D eigenvalue weighted by Crippen LogP contribution is -1.86. The first-order valence-corrected chi connectivity index (χ1v) is 12.4. The largest absolute Gasteiger partial charge is 0.0610 e. The van der Waals surface area contributed by atoms with Gasteiger partial charge in [-0.1, -0.05) is 140 Å². The standard InChI is InChI=1S/C36H24/c1-4-25-10-12-31(13-11-26(25)5-1)34-22-23-35(32-18-14-27-6-2-7-28(27)15-19-32)36(24-34)33-20-16-29-8-3-9-30(29)17-21-33/h1-24H. The Hall–Kier alpha value is -4.68. The van der Waals surface area contributed by atoms with Crippen LogP contribution in [0.25, 0.3) is 66.8 Å². The quantitative estimate of drug-likeness (QED) is 0.248. The lowest BCUT2D eigenvalue weighted by molar-refractivity contribution is 1.60. The highest BCUT2D eigenvalue weighted by Crippen LogP contribution is 2.38. The highest BCUT2D eigenvalue weighted by molar-refractivity contribution is 5.88. The molecule has 168 valence electrons. The van der Waals surface area contributed by atoms with Crippen molar-refractivity contribution >= 4 is 0 Å². The Morgan fingerprint density at radius 1 is 0.194 bits per heavy atom. The van der Waals surface area contributed by atoms with Gasteiger partial charge in [0, 0.05) is 0 Å². The Morgan fingerprint density at radius 3 is 0.861 bits per heavy atom. The fraction of sp³-hybridized carbons (Fsp3) is 0. The van der Waals surface area contributed by atoms with E-state index in [4.69, 9.17) is 0 Å². The van der Waals surface area contributed by atoms with Crippen molar-refractivity contribution < 1.29 is 0 Å². The SMILES string of the molecule is c1cc2ccc(-c3ccc(-c4ccc5cccc-5cc4)c(-c4ccc5cccc-5cc4)c3)ccc-2c1. The summed E-state index contributed by atoms with van der Waals surface area (Å²) in [6.07, 6.45) is 0. The van der Waals surface area contributed by atoms with Gasteiger partial charge in [0.05, 0.1) is 0 Å². The van der Waals surface area contributed by atoms with E-state index in [0.29, 0.717) is 0 Å². The number of hydrogen-bond donors (Lipinski definition) is 0. The molecule has 0 spiro atoms. The highest BCUT2D eigenvalue weighted by Gasteiger charge is 2.12. The molecule has 0 saturated carbocycles. The second-order valence-corrected chi connectivity index (χ2v) is 9.44. The first-order valence-electron chi connectivity index (χ1n) is 12.4. The second kappa shape index (κ2) is 8.52. The number of fused-ring (bicyclic) bond motifs is 3. The van der Waals surface area contributed by atoms with Gasteiger partial charge in [-0.05, 0) is 72.8 Å². The van der Waals surface area contributed by atoms with Gasteiger partial charge >= 0.3 is 0 Å². The van der Waals surface area contributed by atoms with E-state index in [1.54, 1.807) is 0 Å². The van der Waals surface area contributed by atoms with Gasteiger partial charge in [-0.3, -0.25) is 0 Å². The van der Waals surface area contributed by atoms with Crippen molar-refractivity contribution in [3.8, 4) is 66.8 Å². The maximum Gasteiger partial charge on any atom is -0.00992 e. The van der Waals surface area contributed by atoms with Crippen molar-refractivity contribution in [3.63, 3.8) is 0 Å². The summed E-state index contributed by atoms with van der Waals surface area (Å²) in [4.78, 5) is 0. The van der Waals surface area contributed by atoms with Crippen LogP contribution in [-0.4, -0.2) is 0 Å². The lowest BCUT2D eigenvalue weighted by atomic mass is 9.92. The minimum atomic E-state index is 1.22. The molecule has 1 aromatic rings. The minimum Gasteiger partial charge on any atom is -0.0610 e. The maximum atomic E-state index is 2.35. The average molecular weight is 457 g/mol. The Labute approximate surface area is 212 Å². The van der Waals surface area contributed by atoms with E-state index in [1.807, 2.05) is 0 Å². The second-order valence-electron chi connectivity index (χ2n) is 9.44. The Kier molecular flexibility index (Phi) is 4.89. The summed E-state index contributed by atoms with van der Waals surface area (Å²) in [5.74, 6) is 0. The summed E-state index contributed by atoms with van der Waals surface area (Å²) in [5.41, 5.74) is 14.9. The lowest BCUT2D eigenvalue weighted by Gasteiger charge is -2.12. The van der Waals surface area contributed by atoms with Crippen molar-refractivity contribution in [2.45, 2.75) is 0 Å². The van der Waals surface area contributed by atoms with Crippen LogP contribution in [0.1, 0.15) is 0 Å². The molecule has 6 aliphatic carbocycles. The van der Waals surface area contributed by atoms with Crippen molar-refractivity contribution in [1.29, 1.82) is 0 Å². The van der Waals surface area contributed by atoms with Crippen LogP contribution in [-0.2, 0) is 0 Å². The normalized spacial score (nSPS) is 11.3. The molecule has 0 aliphatic heterocycles. The Morgan fingerprint density at radius 2 is 0.472 bits per heavy atom. The van der Waals surface area contributed by atoms with Crippen LogP contribution in [0.15, 0.2) is 146 Å². The van der Waals surface area contributed by atoms with E-state index >= 15 is 0 Å². The molecule has 0 heteroatoms. The fourth-order valence-electron chi connectivity index (χ4n) is 5.26. The maximum absolute atomic E-state index is 2.35. The molecular weight excluding hydrogens is 432 g/mol. The van der Waals surface area contributed by atoms with Gasteiger partial charge in [-0.25, -0.2) is 0 Å². The first-order chi connectivity index (χ1) is 17.8. The van der Waals surface area contributed by atoms with Gasteiger partial charge in [-0.15, -0.1) is 0 Å². The van der Waals surface area contributed by atoms with Crippen LogP contribution in [0.4, 0.5) is 0 Å². The van der Waals surface area contributed by atoms with Gasteiger partial charge in [0.15, 0.2) is 0 Å². The molecule has 0 N–H and O–H groups in total. The van der Waals surface area contributed by atoms with E-state index in [1.165, 1.54) is 66.8 Å². The van der Waals surface area contributed by atoms with Crippen LogP contribution in [0, 0.1) is 0 Å². The topological polar surface area (TPSA) is 0 Å². The number of benzene rings is 1. The molecule has 36 heavy (non-hydrogen) atoms. The molecule has 0 radical (unpaired) electrons. The van der Waals surface area contributed by atoms with Crippen molar-refractivity contribution in [1.82, 2.24) is 0 Å². The van der Waals surface area contributed by atoms with E-state index in [2.05, 4.69) is 146 Å². The van der Waals surface area contributed by atoms with Crippen molar-refractivity contribution in [2.24, 2.45) is 0 Å². The molecule has 0 amide bonds. The molecule has 0 nitrogen and oxygen atoms in total. The first kappa shape index (κ1) is 20.7. The zero-order chi connectivity index (χ0) is 23.9. The van der Waals surface area contributed by atoms with Gasteiger partial charge in [-0.2, -0.15) is 0 Å². The third-order valence-corrected chi connectivity index (χ3v) is 7.28. The molecule has 7 rings (SSSR count). The summed E-state index contributed by atoms with van der Waals surface area (Å²) in [7, 11) is 0. The molecule has 0 fully saturated rings. The molecule has 0 unspecified atom stereocenters. The summed E-state index contributed by atoms with van der Waals surface area (Å²) in [6.45, 7) is 0. The Bertz CT molecular complexity index is 1650. The van der Waals surface area contributed by atoms with Crippen molar-refractivity contribution in [2.75, 3.05) is 0 Å². The average Bonchev–Trinajstić information content (AvgIpc) is 3.57. The Balaban J connectivity index is 1.44. The monoisotopic (exact) mass is 456 g/mol. The predicted molar refractivity (Wildman–Crippen MR) is 153 cm³/mol. The van der Waals surface area contributed by atoms with Crippen LogP contribution >= 0.6 is 0 Å². The number of hydrogen-bond acceptors (Lipinski definition) is 0. The van der Waals surface area contributed by atoms with Crippen LogP contribution in [0.3, 0.4) is 0 Å². The highest BCUT2D eigenvalue weighted by atomic mass is 14.2. The summed E-state index contributed by atoms with van der Waals surface area (Å²) < 4.78 is 0. The van der Waals surface area contributed by atoms with Crippen LogP contribution < -0.4 is 0 Å². The summed E-state index contributed by atoms with van der Waals surface area (Å²) in [5, 5.41) is 0. The van der Waals surface area contributed by atoms with Gasteiger partial charge in [0.2, 0.25) is 0 Å². The number of rotatable bonds is 3. The molecule has 0 atom stereocenters. The molecule has 0 heterocycles. The minimum absolute atomic E-state index is 1.22. The smallest absolute Gasteiger partial charge is 0.00992 e.